The molecule has 0 N–H and O–H groups in total. The summed E-state index contributed by atoms with van der Waals surface area (Å²) in [6, 6.07) is 7.89. The van der Waals surface area contributed by atoms with E-state index >= 15 is 0 Å². The van der Waals surface area contributed by atoms with Crippen LogP contribution < -0.4 is 0 Å². The number of rotatable bonds is 3. The number of hydrogen-bond acceptors (Lipinski definition) is 1. The van der Waals surface area contributed by atoms with Gasteiger partial charge in [0.05, 0.1) is 0 Å². The highest BCUT2D eigenvalue weighted by molar-refractivity contribution is 5.65. The molecule has 72 valence electrons. The molecule has 0 saturated carbocycles. The minimum Gasteiger partial charge on any atom is -0.364 e. The number of hydrogen-bond donors (Lipinski definition) is 0. The zero-order valence-corrected chi connectivity index (χ0v) is 8.58. The van der Waals surface area contributed by atoms with E-state index in [1.54, 1.807) is 7.11 Å². The first kappa shape index (κ1) is 10.6. The van der Waals surface area contributed by atoms with Crippen molar-refractivity contribution >= 4 is 5.57 Å². The average Bonchev–Trinajstić information content (AvgIpc) is 2.20. The third-order valence-corrected chi connectivity index (χ3v) is 2.09. The van der Waals surface area contributed by atoms with Gasteiger partial charge >= 0.3 is 0 Å². The fourth-order valence-electron chi connectivity index (χ4n) is 1.40. The van der Waals surface area contributed by atoms with Crippen molar-refractivity contribution in [2.45, 2.75) is 13.0 Å². The lowest BCUT2D eigenvalue weighted by Crippen LogP contribution is -2.01. The van der Waals surface area contributed by atoms with Gasteiger partial charge < -0.3 is 4.74 Å². The summed E-state index contributed by atoms with van der Waals surface area (Å²) < 4.78 is 5.20. The van der Waals surface area contributed by atoms with Gasteiger partial charge in [-0.15, -0.1) is 6.42 Å². The molecule has 1 aromatic rings. The Bertz CT molecular complexity index is 371. The number of methoxy groups -OCH3 is 1. The molecule has 14 heavy (non-hydrogen) atoms. The van der Waals surface area contributed by atoms with E-state index in [0.717, 1.165) is 16.7 Å². The first-order valence-corrected chi connectivity index (χ1v) is 4.44. The van der Waals surface area contributed by atoms with Crippen LogP contribution >= 0.6 is 0 Å². The SMILES string of the molecule is C#CC(OC)c1ccccc1C(=C)C. The molecule has 1 unspecified atom stereocenters. The van der Waals surface area contributed by atoms with Crippen molar-refractivity contribution in [3.05, 3.63) is 42.0 Å². The monoisotopic (exact) mass is 186 g/mol. The lowest BCUT2D eigenvalue weighted by Gasteiger charge is -2.13. The number of ether oxygens (including phenoxy) is 1. The molecule has 0 radical (unpaired) electrons. The molecule has 0 aromatic heterocycles. The maximum Gasteiger partial charge on any atom is 0.143 e. The summed E-state index contributed by atoms with van der Waals surface area (Å²) in [4.78, 5) is 0. The van der Waals surface area contributed by atoms with Crippen LogP contribution in [0.15, 0.2) is 30.8 Å². The predicted molar refractivity (Wildman–Crippen MR) is 59.7 cm³/mol. The lowest BCUT2D eigenvalue weighted by atomic mass is 9.98. The van der Waals surface area contributed by atoms with Gasteiger partial charge in [-0.1, -0.05) is 42.3 Å². The number of benzene rings is 1. The highest BCUT2D eigenvalue weighted by Gasteiger charge is 2.11. The summed E-state index contributed by atoms with van der Waals surface area (Å²) in [5.74, 6) is 2.60. The molecular weight excluding hydrogens is 172 g/mol. The van der Waals surface area contributed by atoms with Crippen LogP contribution in [0.1, 0.15) is 24.2 Å². The van der Waals surface area contributed by atoms with Gasteiger partial charge in [0.15, 0.2) is 0 Å². The van der Waals surface area contributed by atoms with E-state index in [1.807, 2.05) is 31.2 Å². The van der Waals surface area contributed by atoms with Crippen LogP contribution in [0.25, 0.3) is 5.57 Å². The number of allylic oxidation sites excluding steroid dienone is 1. The maximum atomic E-state index is 5.38. The third-order valence-electron chi connectivity index (χ3n) is 2.09. The molecule has 1 atom stereocenters. The largest absolute Gasteiger partial charge is 0.364 e. The normalized spacial score (nSPS) is 11.8. The molecule has 0 amide bonds. The summed E-state index contributed by atoms with van der Waals surface area (Å²) in [7, 11) is 1.61. The van der Waals surface area contributed by atoms with Gasteiger partial charge in [-0.25, -0.2) is 0 Å². The van der Waals surface area contributed by atoms with Crippen molar-refractivity contribution in [3.8, 4) is 12.3 Å². The van der Waals surface area contributed by atoms with E-state index in [1.165, 1.54) is 0 Å². The van der Waals surface area contributed by atoms with Crippen molar-refractivity contribution in [1.29, 1.82) is 0 Å². The van der Waals surface area contributed by atoms with E-state index in [2.05, 4.69) is 12.5 Å². The van der Waals surface area contributed by atoms with E-state index in [-0.39, 0.29) is 6.10 Å². The third kappa shape index (κ3) is 2.04. The molecule has 1 heteroatoms. The Kier molecular flexibility index (Phi) is 3.50. The van der Waals surface area contributed by atoms with E-state index in [4.69, 9.17) is 11.2 Å². The van der Waals surface area contributed by atoms with Crippen LogP contribution in [0.4, 0.5) is 0 Å². The molecule has 0 bridgehead atoms. The van der Waals surface area contributed by atoms with Crippen LogP contribution in [0.2, 0.25) is 0 Å². The summed E-state index contributed by atoms with van der Waals surface area (Å²) >= 11 is 0. The molecule has 1 nitrogen and oxygen atoms in total. The van der Waals surface area contributed by atoms with Gasteiger partial charge in [0, 0.05) is 12.7 Å². The summed E-state index contributed by atoms with van der Waals surface area (Å²) in [6.45, 7) is 5.87. The van der Waals surface area contributed by atoms with E-state index < -0.39 is 0 Å². The van der Waals surface area contributed by atoms with Gasteiger partial charge in [-0.2, -0.15) is 0 Å². The molecule has 0 fully saturated rings. The average molecular weight is 186 g/mol. The van der Waals surface area contributed by atoms with Gasteiger partial charge in [0.1, 0.15) is 6.10 Å². The zero-order chi connectivity index (χ0) is 10.6. The van der Waals surface area contributed by atoms with Crippen molar-refractivity contribution in [2.75, 3.05) is 7.11 Å². The Balaban J connectivity index is 3.20. The van der Waals surface area contributed by atoms with Crippen LogP contribution in [0.3, 0.4) is 0 Å². The second-order valence-electron chi connectivity index (χ2n) is 3.15. The zero-order valence-electron chi connectivity index (χ0n) is 8.58. The quantitative estimate of drug-likeness (QED) is 0.659. The first-order valence-electron chi connectivity index (χ1n) is 4.44. The Hall–Kier alpha value is -1.52. The fourth-order valence-corrected chi connectivity index (χ4v) is 1.40. The molecule has 1 rings (SSSR count). The second-order valence-corrected chi connectivity index (χ2v) is 3.15. The van der Waals surface area contributed by atoms with Gasteiger partial charge in [0.25, 0.3) is 0 Å². The fraction of sp³-hybridized carbons (Fsp3) is 0.231. The molecule has 0 aliphatic heterocycles. The Morgan fingerprint density at radius 3 is 2.64 bits per heavy atom. The van der Waals surface area contributed by atoms with E-state index in [9.17, 15) is 0 Å². The molecule has 0 spiro atoms. The topological polar surface area (TPSA) is 9.23 Å². The van der Waals surface area contributed by atoms with Crippen LogP contribution in [-0.4, -0.2) is 7.11 Å². The maximum absolute atomic E-state index is 5.38. The molecule has 0 saturated heterocycles. The molecule has 0 heterocycles. The van der Waals surface area contributed by atoms with Crippen molar-refractivity contribution in [1.82, 2.24) is 0 Å². The molecule has 0 aliphatic carbocycles. The van der Waals surface area contributed by atoms with Crippen LogP contribution in [0, 0.1) is 12.3 Å². The van der Waals surface area contributed by atoms with E-state index in [0.29, 0.717) is 0 Å². The van der Waals surface area contributed by atoms with Gasteiger partial charge in [0.2, 0.25) is 0 Å². The Morgan fingerprint density at radius 2 is 2.14 bits per heavy atom. The minimum atomic E-state index is -0.289. The lowest BCUT2D eigenvalue weighted by molar-refractivity contribution is 0.150. The van der Waals surface area contributed by atoms with Crippen molar-refractivity contribution < 1.29 is 4.74 Å². The molecular formula is C13H14O. The van der Waals surface area contributed by atoms with Gasteiger partial charge in [-0.3, -0.25) is 0 Å². The summed E-state index contributed by atoms with van der Waals surface area (Å²) in [5.41, 5.74) is 3.07. The predicted octanol–water partition coefficient (Wildman–Crippen LogP) is 3.04. The summed E-state index contributed by atoms with van der Waals surface area (Å²) in [6.07, 6.45) is 5.09. The smallest absolute Gasteiger partial charge is 0.143 e. The minimum absolute atomic E-state index is 0.289. The summed E-state index contributed by atoms with van der Waals surface area (Å²) in [5, 5.41) is 0. The van der Waals surface area contributed by atoms with Crippen LogP contribution in [0.5, 0.6) is 0 Å². The number of terminal acetylenes is 1. The van der Waals surface area contributed by atoms with Crippen molar-refractivity contribution in [2.24, 2.45) is 0 Å². The van der Waals surface area contributed by atoms with Crippen LogP contribution in [-0.2, 0) is 4.74 Å². The Morgan fingerprint density at radius 1 is 1.50 bits per heavy atom. The first-order chi connectivity index (χ1) is 6.70. The molecule has 0 aliphatic rings. The Labute approximate surface area is 85.4 Å². The highest BCUT2D eigenvalue weighted by atomic mass is 16.5. The molecule has 1 aromatic carbocycles. The van der Waals surface area contributed by atoms with Gasteiger partial charge in [-0.05, 0) is 12.5 Å². The second kappa shape index (κ2) is 4.64. The highest BCUT2D eigenvalue weighted by Crippen LogP contribution is 2.24. The van der Waals surface area contributed by atoms with Crippen molar-refractivity contribution in [3.63, 3.8) is 0 Å². The standard InChI is InChI=1S/C13H14O/c1-5-13(14-4)12-9-7-6-8-11(12)10(2)3/h1,6-9,13H,2H2,3-4H3.